The van der Waals surface area contributed by atoms with Crippen LogP contribution in [0.3, 0.4) is 0 Å². The second-order valence-corrected chi connectivity index (χ2v) is 5.94. The van der Waals surface area contributed by atoms with E-state index in [4.69, 9.17) is 4.74 Å². The first kappa shape index (κ1) is 15.5. The highest BCUT2D eigenvalue weighted by Crippen LogP contribution is 2.28. The number of aromatic nitrogens is 2. The number of hydrogen-bond acceptors (Lipinski definition) is 4. The lowest BCUT2D eigenvalue weighted by atomic mass is 10.1. The summed E-state index contributed by atoms with van der Waals surface area (Å²) in [5.74, 6) is 0.886. The van der Waals surface area contributed by atoms with Gasteiger partial charge in [0.2, 0.25) is 5.91 Å². The fraction of sp³-hybridized carbons (Fsp3) is 0.389. The fourth-order valence-electron chi connectivity index (χ4n) is 2.92. The van der Waals surface area contributed by atoms with Gasteiger partial charge in [-0.25, -0.2) is 0 Å². The van der Waals surface area contributed by atoms with E-state index in [0.717, 1.165) is 37.1 Å². The maximum absolute atomic E-state index is 12.3. The first-order valence-electron chi connectivity index (χ1n) is 8.02. The Hall–Kier alpha value is -2.43. The predicted molar refractivity (Wildman–Crippen MR) is 88.6 cm³/mol. The van der Waals surface area contributed by atoms with Gasteiger partial charge in [0.15, 0.2) is 0 Å². The number of nitrogens with one attached hydrogen (secondary N) is 1. The van der Waals surface area contributed by atoms with Gasteiger partial charge in [-0.3, -0.25) is 4.79 Å². The van der Waals surface area contributed by atoms with Crippen molar-refractivity contribution in [3.8, 4) is 11.8 Å². The molecule has 1 aromatic heterocycles. The van der Waals surface area contributed by atoms with E-state index in [1.54, 1.807) is 0 Å². The van der Waals surface area contributed by atoms with E-state index < -0.39 is 0 Å². The summed E-state index contributed by atoms with van der Waals surface area (Å²) in [5, 5.41) is 2.99. The van der Waals surface area contributed by atoms with Gasteiger partial charge in [0.1, 0.15) is 5.75 Å². The van der Waals surface area contributed by atoms with E-state index >= 15 is 0 Å². The molecule has 1 amide bonds. The minimum atomic E-state index is 0.0778. The van der Waals surface area contributed by atoms with Crippen molar-refractivity contribution in [1.29, 1.82) is 0 Å². The molecule has 0 atom stereocenters. The normalized spacial score (nSPS) is 14.7. The van der Waals surface area contributed by atoms with Crippen molar-refractivity contribution in [3.63, 3.8) is 0 Å². The van der Waals surface area contributed by atoms with Crippen LogP contribution in [0.5, 0.6) is 11.8 Å². The molecule has 1 saturated carbocycles. The van der Waals surface area contributed by atoms with E-state index in [0.29, 0.717) is 17.4 Å². The van der Waals surface area contributed by atoms with Crippen LogP contribution in [-0.2, 0) is 4.79 Å². The molecule has 1 heterocycles. The van der Waals surface area contributed by atoms with Gasteiger partial charge in [0, 0.05) is 5.92 Å². The van der Waals surface area contributed by atoms with Crippen molar-refractivity contribution in [2.75, 3.05) is 5.32 Å². The van der Waals surface area contributed by atoms with Gasteiger partial charge in [0.25, 0.3) is 0 Å². The second kappa shape index (κ2) is 6.77. The van der Waals surface area contributed by atoms with Gasteiger partial charge >= 0.3 is 6.01 Å². The van der Waals surface area contributed by atoms with Crippen molar-refractivity contribution in [2.24, 2.45) is 5.92 Å². The van der Waals surface area contributed by atoms with E-state index in [1.807, 2.05) is 44.2 Å². The molecule has 0 bridgehead atoms. The molecule has 0 spiro atoms. The molecule has 1 aliphatic rings. The molecule has 0 saturated heterocycles. The summed E-state index contributed by atoms with van der Waals surface area (Å²) in [5.41, 5.74) is 2.13. The molecule has 2 aromatic rings. The third-order valence-electron chi connectivity index (χ3n) is 4.18. The zero-order chi connectivity index (χ0) is 16.2. The molecule has 3 rings (SSSR count). The van der Waals surface area contributed by atoms with Crippen LogP contribution in [0, 0.1) is 19.8 Å². The quantitative estimate of drug-likeness (QED) is 0.926. The summed E-state index contributed by atoms with van der Waals surface area (Å²) in [6.45, 7) is 3.72. The van der Waals surface area contributed by atoms with Crippen molar-refractivity contribution < 1.29 is 9.53 Å². The van der Waals surface area contributed by atoms with Crippen molar-refractivity contribution >= 4 is 11.6 Å². The predicted octanol–water partition coefficient (Wildman–Crippen LogP) is 4.01. The van der Waals surface area contributed by atoms with Crippen molar-refractivity contribution in [2.45, 2.75) is 39.5 Å². The van der Waals surface area contributed by atoms with Crippen molar-refractivity contribution in [1.82, 2.24) is 9.97 Å². The number of amides is 1. The summed E-state index contributed by atoms with van der Waals surface area (Å²) in [4.78, 5) is 21.0. The Morgan fingerprint density at radius 2 is 1.70 bits per heavy atom. The molecule has 5 heteroatoms. The van der Waals surface area contributed by atoms with Gasteiger partial charge in [0.05, 0.1) is 17.1 Å². The minimum absolute atomic E-state index is 0.0778. The maximum Gasteiger partial charge on any atom is 0.322 e. The maximum atomic E-state index is 12.3. The van der Waals surface area contributed by atoms with Crippen LogP contribution in [0.25, 0.3) is 0 Å². The molecule has 23 heavy (non-hydrogen) atoms. The number of nitrogens with zero attached hydrogens (tertiary/aromatic N) is 2. The Labute approximate surface area is 136 Å². The topological polar surface area (TPSA) is 64.1 Å². The number of aryl methyl sites for hydroxylation is 2. The lowest BCUT2D eigenvalue weighted by Crippen LogP contribution is -2.22. The van der Waals surface area contributed by atoms with E-state index in [2.05, 4.69) is 15.3 Å². The van der Waals surface area contributed by atoms with E-state index in [9.17, 15) is 4.79 Å². The SMILES string of the molecule is Cc1nc(Oc2ccccc2)nc(C)c1NC(=O)C1CCCC1. The average molecular weight is 311 g/mol. The summed E-state index contributed by atoms with van der Waals surface area (Å²) < 4.78 is 5.66. The number of ether oxygens (including phenoxy) is 1. The van der Waals surface area contributed by atoms with Crippen LogP contribution in [0.15, 0.2) is 30.3 Å². The molecular weight excluding hydrogens is 290 g/mol. The van der Waals surface area contributed by atoms with Gasteiger partial charge in [-0.2, -0.15) is 9.97 Å². The first-order chi connectivity index (χ1) is 11.1. The highest BCUT2D eigenvalue weighted by atomic mass is 16.5. The summed E-state index contributed by atoms with van der Waals surface area (Å²) in [7, 11) is 0. The molecule has 5 nitrogen and oxygen atoms in total. The zero-order valence-electron chi connectivity index (χ0n) is 13.5. The number of hydrogen-bond donors (Lipinski definition) is 1. The standard InChI is InChI=1S/C18H21N3O2/c1-12-16(21-17(22)14-8-6-7-9-14)13(2)20-18(19-12)23-15-10-4-3-5-11-15/h3-5,10-11,14H,6-9H2,1-2H3,(H,21,22). The van der Waals surface area contributed by atoms with Crippen LogP contribution in [0.2, 0.25) is 0 Å². The molecule has 0 aliphatic heterocycles. The lowest BCUT2D eigenvalue weighted by Gasteiger charge is -2.14. The van der Waals surface area contributed by atoms with Crippen LogP contribution >= 0.6 is 0 Å². The smallest absolute Gasteiger partial charge is 0.322 e. The third kappa shape index (κ3) is 3.67. The highest BCUT2D eigenvalue weighted by molar-refractivity contribution is 5.93. The number of rotatable bonds is 4. The first-order valence-corrected chi connectivity index (χ1v) is 8.02. The Morgan fingerprint density at radius 1 is 1.09 bits per heavy atom. The summed E-state index contributed by atoms with van der Waals surface area (Å²) in [6, 6.07) is 9.71. The molecule has 0 radical (unpaired) electrons. The molecule has 0 unspecified atom stereocenters. The molecular formula is C18H21N3O2. The minimum Gasteiger partial charge on any atom is -0.424 e. The lowest BCUT2D eigenvalue weighted by molar-refractivity contribution is -0.119. The van der Waals surface area contributed by atoms with Gasteiger partial charge in [-0.1, -0.05) is 31.0 Å². The van der Waals surface area contributed by atoms with Gasteiger partial charge in [-0.15, -0.1) is 0 Å². The molecule has 1 aromatic carbocycles. The van der Waals surface area contributed by atoms with Crippen LogP contribution < -0.4 is 10.1 Å². The zero-order valence-corrected chi connectivity index (χ0v) is 13.5. The number of carbonyl (C=O) groups is 1. The number of anilines is 1. The average Bonchev–Trinajstić information content (AvgIpc) is 3.06. The molecule has 1 N–H and O–H groups in total. The molecule has 1 aliphatic carbocycles. The Kier molecular flexibility index (Phi) is 4.55. The summed E-state index contributed by atoms with van der Waals surface area (Å²) in [6.07, 6.45) is 4.22. The molecule has 120 valence electrons. The second-order valence-electron chi connectivity index (χ2n) is 5.94. The third-order valence-corrected chi connectivity index (χ3v) is 4.18. The Morgan fingerprint density at radius 3 is 2.30 bits per heavy atom. The molecule has 1 fully saturated rings. The van der Waals surface area contributed by atoms with Crippen LogP contribution in [0.1, 0.15) is 37.1 Å². The number of para-hydroxylation sites is 1. The monoisotopic (exact) mass is 311 g/mol. The Bertz CT molecular complexity index is 672. The summed E-state index contributed by atoms with van der Waals surface area (Å²) >= 11 is 0. The largest absolute Gasteiger partial charge is 0.424 e. The fourth-order valence-corrected chi connectivity index (χ4v) is 2.92. The van der Waals surface area contributed by atoms with Crippen LogP contribution in [0.4, 0.5) is 5.69 Å². The van der Waals surface area contributed by atoms with Gasteiger partial charge < -0.3 is 10.1 Å². The van der Waals surface area contributed by atoms with Gasteiger partial charge in [-0.05, 0) is 38.8 Å². The highest BCUT2D eigenvalue weighted by Gasteiger charge is 2.24. The number of benzene rings is 1. The van der Waals surface area contributed by atoms with E-state index in [-0.39, 0.29) is 11.8 Å². The van der Waals surface area contributed by atoms with Crippen molar-refractivity contribution in [3.05, 3.63) is 41.7 Å². The van der Waals surface area contributed by atoms with Crippen LogP contribution in [-0.4, -0.2) is 15.9 Å². The Balaban J connectivity index is 1.76. The number of carbonyl (C=O) groups excluding carboxylic acids is 1. The van der Waals surface area contributed by atoms with E-state index in [1.165, 1.54) is 0 Å².